The van der Waals surface area contributed by atoms with Gasteiger partial charge < -0.3 is 14.2 Å². The Hall–Kier alpha value is -4.50. The minimum absolute atomic E-state index is 0.0303. The lowest BCUT2D eigenvalue weighted by Crippen LogP contribution is -2.40. The van der Waals surface area contributed by atoms with Crippen LogP contribution in [0.5, 0.6) is 11.5 Å². The molecule has 0 unspecified atom stereocenters. The van der Waals surface area contributed by atoms with E-state index in [-0.39, 0.29) is 23.8 Å². The third-order valence-corrected chi connectivity index (χ3v) is 7.39. The molecule has 41 heavy (non-hydrogen) atoms. The minimum atomic E-state index is -0.875. The lowest BCUT2D eigenvalue weighted by molar-refractivity contribution is -0.138. The molecule has 9 heteroatoms. The first kappa shape index (κ1) is 28.0. The molecule has 210 valence electrons. The van der Waals surface area contributed by atoms with Crippen molar-refractivity contribution in [2.45, 2.75) is 32.9 Å². The van der Waals surface area contributed by atoms with E-state index in [2.05, 4.69) is 0 Å². The van der Waals surface area contributed by atoms with Crippen molar-refractivity contribution in [2.75, 3.05) is 13.7 Å². The normalized spacial score (nSPS) is 15.0. The van der Waals surface area contributed by atoms with E-state index in [0.717, 1.165) is 5.56 Å². The summed E-state index contributed by atoms with van der Waals surface area (Å²) < 4.78 is 32.6. The van der Waals surface area contributed by atoms with Crippen LogP contribution in [0.25, 0.3) is 11.8 Å². The van der Waals surface area contributed by atoms with Gasteiger partial charge in [0.25, 0.3) is 5.56 Å². The Morgan fingerprint density at radius 3 is 2.46 bits per heavy atom. The van der Waals surface area contributed by atoms with E-state index >= 15 is 0 Å². The van der Waals surface area contributed by atoms with Gasteiger partial charge in [0.15, 0.2) is 16.3 Å². The lowest BCUT2D eigenvalue weighted by Gasteiger charge is -2.25. The SMILES string of the molecule is CCOC(=O)C1=C(c2ccccc2)N=c2s/c(=C\c3ccc(OC(C)C)c(OC)c3)c(=O)n2[C@H]1c1ccc(F)cc1. The average Bonchev–Trinajstić information content (AvgIpc) is 3.28. The van der Waals surface area contributed by atoms with Crippen molar-refractivity contribution >= 4 is 29.1 Å². The summed E-state index contributed by atoms with van der Waals surface area (Å²) in [5, 5.41) is 0. The Morgan fingerprint density at radius 2 is 1.80 bits per heavy atom. The smallest absolute Gasteiger partial charge is 0.338 e. The van der Waals surface area contributed by atoms with Gasteiger partial charge >= 0.3 is 5.97 Å². The molecule has 0 radical (unpaired) electrons. The molecular weight excluding hydrogens is 543 g/mol. The van der Waals surface area contributed by atoms with Crippen LogP contribution in [0.15, 0.2) is 88.2 Å². The number of halogens is 1. The fraction of sp³-hybridized carbons (Fsp3) is 0.219. The summed E-state index contributed by atoms with van der Waals surface area (Å²) in [6, 6.07) is 19.6. The molecule has 0 aliphatic carbocycles. The van der Waals surface area contributed by atoms with Crippen LogP contribution in [-0.2, 0) is 9.53 Å². The van der Waals surface area contributed by atoms with Crippen molar-refractivity contribution < 1.29 is 23.4 Å². The first-order valence-electron chi connectivity index (χ1n) is 13.2. The summed E-state index contributed by atoms with van der Waals surface area (Å²) in [7, 11) is 1.56. The second kappa shape index (κ2) is 11.9. The van der Waals surface area contributed by atoms with Crippen LogP contribution in [0.3, 0.4) is 0 Å². The number of hydrogen-bond acceptors (Lipinski definition) is 7. The van der Waals surface area contributed by atoms with E-state index < -0.39 is 17.8 Å². The molecule has 1 aliphatic rings. The van der Waals surface area contributed by atoms with Gasteiger partial charge in [-0.05, 0) is 62.2 Å². The maximum atomic E-state index is 14.0. The van der Waals surface area contributed by atoms with E-state index in [1.807, 2.05) is 50.2 Å². The van der Waals surface area contributed by atoms with Crippen molar-refractivity contribution in [2.24, 2.45) is 4.99 Å². The summed E-state index contributed by atoms with van der Waals surface area (Å²) >= 11 is 1.21. The molecule has 0 fully saturated rings. The highest BCUT2D eigenvalue weighted by molar-refractivity contribution is 7.07. The third-order valence-electron chi connectivity index (χ3n) is 6.41. The van der Waals surface area contributed by atoms with Gasteiger partial charge in [0, 0.05) is 5.56 Å². The summed E-state index contributed by atoms with van der Waals surface area (Å²) in [6.07, 6.45) is 1.72. The molecule has 0 saturated heterocycles. The Labute approximate surface area is 240 Å². The van der Waals surface area contributed by atoms with E-state index in [1.165, 1.54) is 28.0 Å². The Balaban J connectivity index is 1.75. The van der Waals surface area contributed by atoms with Crippen LogP contribution < -0.4 is 24.4 Å². The van der Waals surface area contributed by atoms with Crippen LogP contribution in [0.1, 0.15) is 43.5 Å². The number of ether oxygens (including phenoxy) is 3. The average molecular weight is 573 g/mol. The Morgan fingerprint density at radius 1 is 1.07 bits per heavy atom. The summed E-state index contributed by atoms with van der Waals surface area (Å²) in [4.78, 5) is 32.7. The molecule has 0 bridgehead atoms. The number of methoxy groups -OCH3 is 1. The number of carbonyl (C=O) groups is 1. The first-order chi connectivity index (χ1) is 19.8. The zero-order chi connectivity index (χ0) is 29.1. The van der Waals surface area contributed by atoms with Crippen molar-refractivity contribution in [1.82, 2.24) is 4.57 Å². The molecule has 4 aromatic rings. The quantitative estimate of drug-likeness (QED) is 0.282. The van der Waals surface area contributed by atoms with E-state index in [1.54, 1.807) is 44.4 Å². The number of hydrogen-bond donors (Lipinski definition) is 0. The van der Waals surface area contributed by atoms with Crippen LogP contribution >= 0.6 is 11.3 Å². The highest BCUT2D eigenvalue weighted by Crippen LogP contribution is 2.35. The predicted octanol–water partition coefficient (Wildman–Crippen LogP) is 4.87. The molecule has 1 atom stereocenters. The number of carbonyl (C=O) groups excluding carboxylic acids is 1. The van der Waals surface area contributed by atoms with Crippen molar-refractivity contribution in [3.63, 3.8) is 0 Å². The Kier molecular flexibility index (Phi) is 8.16. The number of aromatic nitrogens is 1. The molecule has 3 aromatic carbocycles. The topological polar surface area (TPSA) is 79.1 Å². The van der Waals surface area contributed by atoms with Crippen molar-refractivity contribution in [3.8, 4) is 11.5 Å². The highest BCUT2D eigenvalue weighted by Gasteiger charge is 2.35. The molecular formula is C32H29FN2O5S. The molecule has 0 saturated carbocycles. The fourth-order valence-corrected chi connectivity index (χ4v) is 5.68. The van der Waals surface area contributed by atoms with Crippen LogP contribution in [0, 0.1) is 5.82 Å². The Bertz CT molecular complexity index is 1790. The number of benzene rings is 3. The number of esters is 1. The van der Waals surface area contributed by atoms with Crippen molar-refractivity contribution in [1.29, 1.82) is 0 Å². The minimum Gasteiger partial charge on any atom is -0.493 e. The first-order valence-corrected chi connectivity index (χ1v) is 14.0. The largest absolute Gasteiger partial charge is 0.493 e. The van der Waals surface area contributed by atoms with E-state index in [9.17, 15) is 14.0 Å². The number of thiazole rings is 1. The second-order valence-electron chi connectivity index (χ2n) is 9.56. The summed E-state index contributed by atoms with van der Waals surface area (Å²) in [5.41, 5.74) is 2.27. The zero-order valence-electron chi connectivity index (χ0n) is 23.1. The molecule has 0 amide bonds. The van der Waals surface area contributed by atoms with Gasteiger partial charge in [-0.1, -0.05) is 59.9 Å². The molecule has 7 nitrogen and oxygen atoms in total. The van der Waals surface area contributed by atoms with E-state index in [4.69, 9.17) is 19.2 Å². The second-order valence-corrected chi connectivity index (χ2v) is 10.6. The van der Waals surface area contributed by atoms with Gasteiger partial charge in [-0.25, -0.2) is 14.2 Å². The van der Waals surface area contributed by atoms with Gasteiger partial charge in [0.05, 0.1) is 41.7 Å². The molecule has 1 aromatic heterocycles. The maximum absolute atomic E-state index is 14.0. The third kappa shape index (κ3) is 5.71. The van der Waals surface area contributed by atoms with Gasteiger partial charge in [-0.15, -0.1) is 0 Å². The van der Waals surface area contributed by atoms with Crippen LogP contribution in [-0.4, -0.2) is 30.4 Å². The highest BCUT2D eigenvalue weighted by atomic mass is 32.1. The summed E-state index contributed by atoms with van der Waals surface area (Å²) in [5.74, 6) is 0.124. The van der Waals surface area contributed by atoms with Gasteiger partial charge in [-0.3, -0.25) is 9.36 Å². The molecule has 1 aliphatic heterocycles. The molecule has 5 rings (SSSR count). The molecule has 0 spiro atoms. The molecule has 0 N–H and O–H groups in total. The van der Waals surface area contributed by atoms with E-state index in [0.29, 0.717) is 37.7 Å². The van der Waals surface area contributed by atoms with Gasteiger partial charge in [0.2, 0.25) is 0 Å². The van der Waals surface area contributed by atoms with Gasteiger partial charge in [0.1, 0.15) is 5.82 Å². The monoisotopic (exact) mass is 572 g/mol. The van der Waals surface area contributed by atoms with Crippen LogP contribution in [0.2, 0.25) is 0 Å². The number of nitrogens with zero attached hydrogens (tertiary/aromatic N) is 2. The van der Waals surface area contributed by atoms with Crippen LogP contribution in [0.4, 0.5) is 4.39 Å². The standard InChI is InChI=1S/C32H29FN2O5S/c1-5-39-31(37)27-28(21-9-7-6-8-10-21)34-32-35(29(27)22-12-14-23(33)15-13-22)30(36)26(41-32)18-20-11-16-24(40-19(2)3)25(17-20)38-4/h6-19,29H,5H2,1-4H3/b26-18-/t29-/m0/s1. The molecule has 2 heterocycles. The van der Waals surface area contributed by atoms with Crippen molar-refractivity contribution in [3.05, 3.63) is 121 Å². The number of fused-ring (bicyclic) bond motifs is 1. The number of rotatable bonds is 8. The summed E-state index contributed by atoms with van der Waals surface area (Å²) in [6.45, 7) is 5.72. The lowest BCUT2D eigenvalue weighted by atomic mass is 9.93. The maximum Gasteiger partial charge on any atom is 0.338 e. The fourth-order valence-electron chi connectivity index (χ4n) is 4.68. The predicted molar refractivity (Wildman–Crippen MR) is 156 cm³/mol. The van der Waals surface area contributed by atoms with Gasteiger partial charge in [-0.2, -0.15) is 0 Å². The zero-order valence-corrected chi connectivity index (χ0v) is 23.9.